The third kappa shape index (κ3) is 3.27. The van der Waals surface area contributed by atoms with Gasteiger partial charge in [-0.1, -0.05) is 33.6 Å². The number of carbonyl (C=O) groups is 1. The Morgan fingerprint density at radius 1 is 1.47 bits per heavy atom. The maximum absolute atomic E-state index is 13.7. The summed E-state index contributed by atoms with van der Waals surface area (Å²) in [5, 5.41) is 3.61. The molecule has 1 aliphatic heterocycles. The molecule has 1 heterocycles. The summed E-state index contributed by atoms with van der Waals surface area (Å²) in [6.45, 7) is 1.16. The van der Waals surface area contributed by atoms with E-state index in [1.807, 2.05) is 0 Å². The summed E-state index contributed by atoms with van der Waals surface area (Å²) in [7, 11) is 0. The van der Waals surface area contributed by atoms with Gasteiger partial charge in [0.15, 0.2) is 0 Å². The number of amides is 1. The molecule has 1 amide bonds. The van der Waals surface area contributed by atoms with E-state index < -0.39 is 17.3 Å². The number of ether oxygens (including phenoxy) is 1. The van der Waals surface area contributed by atoms with Crippen LogP contribution in [0.5, 0.6) is 0 Å². The predicted molar refractivity (Wildman–Crippen MR) is 75.5 cm³/mol. The standard InChI is InChI=1S/C13H14BrClFNO2/c14-8-13(4-6-19-7-5-13)17-12(18)11-9(15)2-1-3-10(11)16/h1-3H,4-8H2,(H,17,18). The fraction of sp³-hybridized carbons (Fsp3) is 0.462. The van der Waals surface area contributed by atoms with E-state index in [4.69, 9.17) is 16.3 Å². The van der Waals surface area contributed by atoms with Gasteiger partial charge in [0.1, 0.15) is 5.82 Å². The highest BCUT2D eigenvalue weighted by molar-refractivity contribution is 9.09. The second kappa shape index (κ2) is 6.20. The van der Waals surface area contributed by atoms with E-state index >= 15 is 0 Å². The zero-order valence-corrected chi connectivity index (χ0v) is 12.6. The highest BCUT2D eigenvalue weighted by atomic mass is 79.9. The molecule has 1 fully saturated rings. The van der Waals surface area contributed by atoms with Crippen molar-refractivity contribution in [1.82, 2.24) is 5.32 Å². The van der Waals surface area contributed by atoms with Gasteiger partial charge in [-0.2, -0.15) is 0 Å². The molecule has 0 bridgehead atoms. The number of carbonyl (C=O) groups excluding carboxylic acids is 1. The summed E-state index contributed by atoms with van der Waals surface area (Å²) in [6, 6.07) is 4.21. The van der Waals surface area contributed by atoms with E-state index in [0.717, 1.165) is 0 Å². The van der Waals surface area contributed by atoms with Crippen LogP contribution < -0.4 is 5.32 Å². The normalized spacial score (nSPS) is 18.1. The zero-order chi connectivity index (χ0) is 13.9. The largest absolute Gasteiger partial charge is 0.381 e. The highest BCUT2D eigenvalue weighted by Gasteiger charge is 2.34. The lowest BCUT2D eigenvalue weighted by molar-refractivity contribution is 0.0441. The lowest BCUT2D eigenvalue weighted by atomic mass is 9.92. The third-order valence-corrected chi connectivity index (χ3v) is 4.66. The van der Waals surface area contributed by atoms with Crippen LogP contribution >= 0.6 is 27.5 Å². The fourth-order valence-electron chi connectivity index (χ4n) is 2.07. The Labute approximate surface area is 124 Å². The number of hydrogen-bond acceptors (Lipinski definition) is 2. The molecule has 1 saturated heterocycles. The van der Waals surface area contributed by atoms with Gasteiger partial charge in [-0.3, -0.25) is 4.79 Å². The van der Waals surface area contributed by atoms with Crippen LogP contribution in [0, 0.1) is 5.82 Å². The quantitative estimate of drug-likeness (QED) is 0.851. The molecular formula is C13H14BrClFNO2. The molecule has 3 nitrogen and oxygen atoms in total. The van der Waals surface area contributed by atoms with Crippen LogP contribution in [-0.4, -0.2) is 30.0 Å². The second-order valence-corrected chi connectivity index (χ2v) is 5.55. The third-order valence-electron chi connectivity index (χ3n) is 3.27. The number of halogens is 3. The van der Waals surface area contributed by atoms with E-state index in [1.165, 1.54) is 18.2 Å². The predicted octanol–water partition coefficient (Wildman–Crippen LogP) is 3.15. The van der Waals surface area contributed by atoms with Crippen LogP contribution in [0.4, 0.5) is 4.39 Å². The second-order valence-electron chi connectivity index (χ2n) is 4.58. The lowest BCUT2D eigenvalue weighted by Crippen LogP contribution is -2.53. The Balaban J connectivity index is 2.20. The summed E-state index contributed by atoms with van der Waals surface area (Å²) < 4.78 is 19.0. The van der Waals surface area contributed by atoms with Gasteiger partial charge in [0.05, 0.1) is 16.1 Å². The number of benzene rings is 1. The first-order chi connectivity index (χ1) is 9.08. The topological polar surface area (TPSA) is 38.3 Å². The van der Waals surface area contributed by atoms with E-state index in [2.05, 4.69) is 21.2 Å². The average Bonchev–Trinajstić information content (AvgIpc) is 2.39. The molecule has 0 aliphatic carbocycles. The fourth-order valence-corrected chi connectivity index (χ4v) is 3.02. The molecule has 0 spiro atoms. The lowest BCUT2D eigenvalue weighted by Gasteiger charge is -2.36. The molecule has 1 N–H and O–H groups in total. The van der Waals surface area contributed by atoms with E-state index in [9.17, 15) is 9.18 Å². The number of alkyl halides is 1. The number of nitrogens with one attached hydrogen (secondary N) is 1. The Morgan fingerprint density at radius 2 is 2.16 bits per heavy atom. The van der Waals surface area contributed by atoms with E-state index in [0.29, 0.717) is 31.4 Å². The van der Waals surface area contributed by atoms with Crippen molar-refractivity contribution in [2.45, 2.75) is 18.4 Å². The Bertz CT molecular complexity index is 457. The van der Waals surface area contributed by atoms with Gasteiger partial charge in [-0.15, -0.1) is 0 Å². The molecule has 0 radical (unpaired) electrons. The molecule has 0 saturated carbocycles. The first kappa shape index (κ1) is 14.8. The van der Waals surface area contributed by atoms with Gasteiger partial charge in [-0.05, 0) is 25.0 Å². The molecule has 0 atom stereocenters. The molecule has 19 heavy (non-hydrogen) atoms. The van der Waals surface area contributed by atoms with E-state index in [1.54, 1.807) is 0 Å². The summed E-state index contributed by atoms with van der Waals surface area (Å²) >= 11 is 9.30. The van der Waals surface area contributed by atoms with Crippen molar-refractivity contribution in [3.63, 3.8) is 0 Å². The van der Waals surface area contributed by atoms with Crippen molar-refractivity contribution >= 4 is 33.4 Å². The van der Waals surface area contributed by atoms with Crippen LogP contribution in [0.2, 0.25) is 5.02 Å². The Kier molecular flexibility index (Phi) is 4.81. The molecule has 1 aromatic carbocycles. The van der Waals surface area contributed by atoms with Gasteiger partial charge in [-0.25, -0.2) is 4.39 Å². The number of rotatable bonds is 3. The molecule has 104 valence electrons. The van der Waals surface area contributed by atoms with Crippen molar-refractivity contribution in [2.24, 2.45) is 0 Å². The van der Waals surface area contributed by atoms with E-state index in [-0.39, 0.29) is 10.6 Å². The van der Waals surface area contributed by atoms with Gasteiger partial charge in [0.2, 0.25) is 0 Å². The van der Waals surface area contributed by atoms with Crippen molar-refractivity contribution in [3.8, 4) is 0 Å². The van der Waals surface area contributed by atoms with Crippen LogP contribution in [0.15, 0.2) is 18.2 Å². The molecular weight excluding hydrogens is 337 g/mol. The molecule has 1 aliphatic rings. The first-order valence-electron chi connectivity index (χ1n) is 5.98. The maximum Gasteiger partial charge on any atom is 0.256 e. The Hall–Kier alpha value is -0.650. The molecule has 6 heteroatoms. The molecule has 0 aromatic heterocycles. The van der Waals surface area contributed by atoms with Crippen LogP contribution in [0.1, 0.15) is 23.2 Å². The smallest absolute Gasteiger partial charge is 0.256 e. The molecule has 0 unspecified atom stereocenters. The zero-order valence-electron chi connectivity index (χ0n) is 10.2. The van der Waals surface area contributed by atoms with Gasteiger partial charge in [0.25, 0.3) is 5.91 Å². The van der Waals surface area contributed by atoms with Gasteiger partial charge < -0.3 is 10.1 Å². The molecule has 1 aromatic rings. The average molecular weight is 351 g/mol. The minimum absolute atomic E-state index is 0.101. The van der Waals surface area contributed by atoms with Crippen LogP contribution in [-0.2, 0) is 4.74 Å². The summed E-state index contributed by atoms with van der Waals surface area (Å²) in [5.74, 6) is -1.09. The van der Waals surface area contributed by atoms with Crippen molar-refractivity contribution in [2.75, 3.05) is 18.5 Å². The van der Waals surface area contributed by atoms with Crippen molar-refractivity contribution < 1.29 is 13.9 Å². The van der Waals surface area contributed by atoms with Crippen LogP contribution in [0.25, 0.3) is 0 Å². The minimum atomic E-state index is -0.609. The summed E-state index contributed by atoms with van der Waals surface area (Å²) in [5.41, 5.74) is -0.503. The monoisotopic (exact) mass is 349 g/mol. The van der Waals surface area contributed by atoms with Crippen LogP contribution in [0.3, 0.4) is 0 Å². The van der Waals surface area contributed by atoms with Gasteiger partial charge >= 0.3 is 0 Å². The SMILES string of the molecule is O=C(NC1(CBr)CCOCC1)c1c(F)cccc1Cl. The molecule has 2 rings (SSSR count). The highest BCUT2D eigenvalue weighted by Crippen LogP contribution is 2.25. The Morgan fingerprint density at radius 3 is 2.74 bits per heavy atom. The summed E-state index contributed by atoms with van der Waals surface area (Å²) in [4.78, 5) is 12.2. The van der Waals surface area contributed by atoms with Crippen molar-refractivity contribution in [1.29, 1.82) is 0 Å². The van der Waals surface area contributed by atoms with Crippen molar-refractivity contribution in [3.05, 3.63) is 34.6 Å². The maximum atomic E-state index is 13.7. The first-order valence-corrected chi connectivity index (χ1v) is 7.48. The summed E-state index contributed by atoms with van der Waals surface area (Å²) in [6.07, 6.45) is 1.38. The number of hydrogen-bond donors (Lipinski definition) is 1. The minimum Gasteiger partial charge on any atom is -0.381 e. The van der Waals surface area contributed by atoms with Gasteiger partial charge in [0, 0.05) is 18.5 Å².